The fourth-order valence-corrected chi connectivity index (χ4v) is 2.88. The summed E-state index contributed by atoms with van der Waals surface area (Å²) in [5.41, 5.74) is 2.60. The summed E-state index contributed by atoms with van der Waals surface area (Å²) in [4.78, 5) is 7.12. The summed E-state index contributed by atoms with van der Waals surface area (Å²) >= 11 is 0. The third kappa shape index (κ3) is 8.10. The number of halogens is 1. The molecule has 1 aliphatic heterocycles. The van der Waals surface area contributed by atoms with Gasteiger partial charge in [0.1, 0.15) is 0 Å². The van der Waals surface area contributed by atoms with E-state index in [1.54, 1.807) is 0 Å². The van der Waals surface area contributed by atoms with Crippen LogP contribution in [-0.2, 0) is 13.1 Å². The zero-order chi connectivity index (χ0) is 17.2. The Bertz CT molecular complexity index is 554. The summed E-state index contributed by atoms with van der Waals surface area (Å²) in [5, 5.41) is 6.30. The van der Waals surface area contributed by atoms with Crippen molar-refractivity contribution in [2.24, 2.45) is 10.9 Å². The van der Waals surface area contributed by atoms with Gasteiger partial charge in [0.25, 0.3) is 0 Å². The SMILES string of the molecule is C#CCNC(=NCc1ccc(CN2CCC(C)CC2)cc1)NCC.I. The van der Waals surface area contributed by atoms with Gasteiger partial charge in [-0.15, -0.1) is 30.4 Å². The zero-order valence-electron chi connectivity index (χ0n) is 15.4. The minimum Gasteiger partial charge on any atom is -0.357 e. The third-order valence-corrected chi connectivity index (χ3v) is 4.43. The van der Waals surface area contributed by atoms with E-state index in [0.717, 1.165) is 25.0 Å². The van der Waals surface area contributed by atoms with E-state index in [-0.39, 0.29) is 24.0 Å². The largest absolute Gasteiger partial charge is 0.357 e. The molecule has 0 aromatic heterocycles. The monoisotopic (exact) mass is 454 g/mol. The molecule has 2 N–H and O–H groups in total. The molecular weight excluding hydrogens is 423 g/mol. The van der Waals surface area contributed by atoms with E-state index in [9.17, 15) is 0 Å². The van der Waals surface area contributed by atoms with E-state index >= 15 is 0 Å². The zero-order valence-corrected chi connectivity index (χ0v) is 17.8. The Balaban J connectivity index is 0.00000312. The molecule has 0 aliphatic carbocycles. The van der Waals surface area contributed by atoms with Crippen LogP contribution in [0.15, 0.2) is 29.3 Å². The van der Waals surface area contributed by atoms with E-state index in [0.29, 0.717) is 13.1 Å². The lowest BCUT2D eigenvalue weighted by molar-refractivity contribution is 0.185. The molecule has 0 saturated carbocycles. The van der Waals surface area contributed by atoms with Gasteiger partial charge in [0, 0.05) is 13.1 Å². The number of likely N-dealkylation sites (tertiary alicyclic amines) is 1. The Morgan fingerprint density at radius 3 is 2.44 bits per heavy atom. The fourth-order valence-electron chi connectivity index (χ4n) is 2.88. The molecule has 1 aromatic carbocycles. The second kappa shape index (κ2) is 12.2. The lowest BCUT2D eigenvalue weighted by Gasteiger charge is -2.30. The fraction of sp³-hybridized carbons (Fsp3) is 0.550. The van der Waals surface area contributed by atoms with Crippen LogP contribution in [0.25, 0.3) is 0 Å². The highest BCUT2D eigenvalue weighted by atomic mass is 127. The average Bonchev–Trinajstić information content (AvgIpc) is 2.60. The number of terminal acetylenes is 1. The van der Waals surface area contributed by atoms with Crippen LogP contribution in [0.5, 0.6) is 0 Å². The maximum Gasteiger partial charge on any atom is 0.192 e. The number of hydrogen-bond donors (Lipinski definition) is 2. The Morgan fingerprint density at radius 2 is 1.84 bits per heavy atom. The van der Waals surface area contributed by atoms with Gasteiger partial charge in [-0.05, 0) is 49.9 Å². The van der Waals surface area contributed by atoms with Crippen LogP contribution >= 0.6 is 24.0 Å². The van der Waals surface area contributed by atoms with Crippen molar-refractivity contribution in [2.75, 3.05) is 26.2 Å². The van der Waals surface area contributed by atoms with Gasteiger partial charge in [0.2, 0.25) is 0 Å². The summed E-state index contributed by atoms with van der Waals surface area (Å²) in [5.74, 6) is 4.22. The molecule has 1 aliphatic rings. The van der Waals surface area contributed by atoms with Gasteiger partial charge in [-0.2, -0.15) is 0 Å². The number of nitrogens with zero attached hydrogens (tertiary/aromatic N) is 2. The number of guanidine groups is 1. The number of piperidine rings is 1. The summed E-state index contributed by atoms with van der Waals surface area (Å²) in [6.07, 6.45) is 7.93. The van der Waals surface area contributed by atoms with Crippen LogP contribution in [0, 0.1) is 18.3 Å². The predicted molar refractivity (Wildman–Crippen MR) is 117 cm³/mol. The van der Waals surface area contributed by atoms with Gasteiger partial charge in [-0.25, -0.2) is 4.99 Å². The van der Waals surface area contributed by atoms with Crippen LogP contribution in [0.3, 0.4) is 0 Å². The first-order valence-corrected chi connectivity index (χ1v) is 8.97. The molecule has 1 aromatic rings. The van der Waals surface area contributed by atoms with E-state index in [1.807, 2.05) is 6.92 Å². The average molecular weight is 454 g/mol. The van der Waals surface area contributed by atoms with Crippen molar-refractivity contribution in [3.63, 3.8) is 0 Å². The number of nitrogens with one attached hydrogen (secondary N) is 2. The van der Waals surface area contributed by atoms with Crippen molar-refractivity contribution in [3.8, 4) is 12.3 Å². The van der Waals surface area contributed by atoms with E-state index in [4.69, 9.17) is 6.42 Å². The van der Waals surface area contributed by atoms with Gasteiger partial charge in [-0.1, -0.05) is 37.1 Å². The van der Waals surface area contributed by atoms with Gasteiger partial charge in [-0.3, -0.25) is 4.90 Å². The van der Waals surface area contributed by atoms with Crippen LogP contribution in [0.4, 0.5) is 0 Å². The molecule has 138 valence electrons. The van der Waals surface area contributed by atoms with Crippen LogP contribution in [0.2, 0.25) is 0 Å². The summed E-state index contributed by atoms with van der Waals surface area (Å²) in [6.45, 7) is 9.86. The molecular formula is C20H31IN4. The Kier molecular flexibility index (Phi) is 10.6. The molecule has 2 rings (SSSR count). The van der Waals surface area contributed by atoms with Crippen molar-refractivity contribution in [2.45, 2.75) is 39.8 Å². The van der Waals surface area contributed by atoms with E-state index < -0.39 is 0 Å². The summed E-state index contributed by atoms with van der Waals surface area (Å²) in [7, 11) is 0. The lowest BCUT2D eigenvalue weighted by Crippen LogP contribution is -2.37. The minimum absolute atomic E-state index is 0. The highest BCUT2D eigenvalue weighted by Gasteiger charge is 2.15. The van der Waals surface area contributed by atoms with Crippen LogP contribution in [-0.4, -0.2) is 37.0 Å². The number of benzene rings is 1. The molecule has 4 nitrogen and oxygen atoms in total. The van der Waals surface area contributed by atoms with Crippen molar-refractivity contribution < 1.29 is 0 Å². The third-order valence-electron chi connectivity index (χ3n) is 4.43. The Hall–Kier alpha value is -1.26. The smallest absolute Gasteiger partial charge is 0.192 e. The molecule has 1 fully saturated rings. The van der Waals surface area contributed by atoms with Crippen molar-refractivity contribution in [1.82, 2.24) is 15.5 Å². The minimum atomic E-state index is 0. The molecule has 0 unspecified atom stereocenters. The molecule has 0 radical (unpaired) electrons. The topological polar surface area (TPSA) is 39.7 Å². The van der Waals surface area contributed by atoms with Gasteiger partial charge in [0.15, 0.2) is 5.96 Å². The van der Waals surface area contributed by atoms with Crippen LogP contribution < -0.4 is 10.6 Å². The lowest BCUT2D eigenvalue weighted by atomic mass is 9.99. The molecule has 0 spiro atoms. The molecule has 0 bridgehead atoms. The number of hydrogen-bond acceptors (Lipinski definition) is 2. The number of rotatable bonds is 6. The maximum absolute atomic E-state index is 5.28. The van der Waals surface area contributed by atoms with Gasteiger partial charge >= 0.3 is 0 Å². The Labute approximate surface area is 169 Å². The second-order valence-electron chi connectivity index (χ2n) is 6.53. The van der Waals surface area contributed by atoms with Gasteiger partial charge in [0.05, 0.1) is 13.1 Å². The highest BCUT2D eigenvalue weighted by molar-refractivity contribution is 14.0. The maximum atomic E-state index is 5.28. The standard InChI is InChI=1S/C20H30N4.HI/c1-4-12-22-20(21-5-2)23-15-18-6-8-19(9-7-18)16-24-13-10-17(3)11-14-24;/h1,6-9,17H,5,10-16H2,2-3H3,(H2,21,22,23);1H. The Morgan fingerprint density at radius 1 is 1.20 bits per heavy atom. The predicted octanol–water partition coefficient (Wildman–Crippen LogP) is 3.22. The van der Waals surface area contributed by atoms with Crippen molar-refractivity contribution >= 4 is 29.9 Å². The van der Waals surface area contributed by atoms with E-state index in [1.165, 1.54) is 37.1 Å². The molecule has 1 heterocycles. The first-order chi connectivity index (χ1) is 11.7. The summed E-state index contributed by atoms with van der Waals surface area (Å²) in [6, 6.07) is 8.81. The molecule has 1 saturated heterocycles. The molecule has 0 amide bonds. The highest BCUT2D eigenvalue weighted by Crippen LogP contribution is 2.18. The second-order valence-corrected chi connectivity index (χ2v) is 6.53. The molecule has 0 atom stereocenters. The molecule has 5 heteroatoms. The van der Waals surface area contributed by atoms with Crippen molar-refractivity contribution in [1.29, 1.82) is 0 Å². The van der Waals surface area contributed by atoms with Gasteiger partial charge < -0.3 is 10.6 Å². The first-order valence-electron chi connectivity index (χ1n) is 8.97. The van der Waals surface area contributed by atoms with Crippen molar-refractivity contribution in [3.05, 3.63) is 35.4 Å². The van der Waals surface area contributed by atoms with E-state index in [2.05, 4.69) is 57.6 Å². The number of aliphatic imine (C=N–C) groups is 1. The quantitative estimate of drug-likeness (QED) is 0.300. The summed E-state index contributed by atoms with van der Waals surface area (Å²) < 4.78 is 0. The first kappa shape index (κ1) is 21.8. The molecule has 25 heavy (non-hydrogen) atoms. The normalized spacial score (nSPS) is 16.0. The van der Waals surface area contributed by atoms with Crippen LogP contribution in [0.1, 0.15) is 37.8 Å².